The van der Waals surface area contributed by atoms with Crippen LogP contribution in [-0.2, 0) is 18.8 Å². The van der Waals surface area contributed by atoms with Crippen molar-refractivity contribution in [3.63, 3.8) is 0 Å². The first-order valence-electron chi connectivity index (χ1n) is 12.3. The number of carbonyl (C=O) groups excluding carboxylic acids is 2. The highest BCUT2D eigenvalue weighted by Gasteiger charge is 2.52. The van der Waals surface area contributed by atoms with Gasteiger partial charge in [-0.3, -0.25) is 4.79 Å². The average Bonchev–Trinajstić information content (AvgIpc) is 3.26. The molecule has 2 atom stereocenters. The largest absolute Gasteiger partial charge is 0.498 e. The third-order valence-corrected chi connectivity index (χ3v) is 6.62. The van der Waals surface area contributed by atoms with Gasteiger partial charge in [0.2, 0.25) is 11.9 Å². The Morgan fingerprint density at radius 2 is 1.71 bits per heavy atom. The summed E-state index contributed by atoms with van der Waals surface area (Å²) in [6.07, 6.45) is 3.62. The zero-order valence-electron chi connectivity index (χ0n) is 22.5. The molecule has 0 bridgehead atoms. The lowest BCUT2D eigenvalue weighted by Crippen LogP contribution is -2.53. The Hall–Kier alpha value is -2.40. The summed E-state index contributed by atoms with van der Waals surface area (Å²) in [6, 6.07) is -0.759. The first-order valence-corrected chi connectivity index (χ1v) is 12.3. The van der Waals surface area contributed by atoms with Crippen LogP contribution in [0.5, 0.6) is 0 Å². The Morgan fingerprint density at radius 1 is 1.14 bits per heavy atom. The molecule has 0 aromatic carbocycles. The van der Waals surface area contributed by atoms with Crippen LogP contribution in [0.3, 0.4) is 0 Å². The molecule has 2 fully saturated rings. The van der Waals surface area contributed by atoms with Crippen LogP contribution >= 0.6 is 0 Å². The molecule has 11 heteroatoms. The van der Waals surface area contributed by atoms with Crippen molar-refractivity contribution in [1.82, 2.24) is 20.6 Å². The van der Waals surface area contributed by atoms with Crippen molar-refractivity contribution < 1.29 is 23.6 Å². The summed E-state index contributed by atoms with van der Waals surface area (Å²) in [5.41, 5.74) is -0.720. The number of rotatable bonds is 6. The van der Waals surface area contributed by atoms with E-state index in [4.69, 9.17) is 14.0 Å². The van der Waals surface area contributed by atoms with Crippen molar-refractivity contribution in [2.45, 2.75) is 97.6 Å². The number of anilines is 1. The second-order valence-corrected chi connectivity index (χ2v) is 11.7. The third-order valence-electron chi connectivity index (χ3n) is 6.62. The molecule has 0 radical (unpaired) electrons. The molecule has 1 aromatic heterocycles. The van der Waals surface area contributed by atoms with E-state index in [0.717, 1.165) is 11.9 Å². The summed E-state index contributed by atoms with van der Waals surface area (Å²) in [4.78, 5) is 36.2. The molecule has 1 aromatic rings. The maximum atomic E-state index is 12.9. The monoisotopic (exact) mass is 489 g/mol. The summed E-state index contributed by atoms with van der Waals surface area (Å²) >= 11 is 0. The van der Waals surface area contributed by atoms with Crippen LogP contribution in [-0.4, -0.2) is 71.1 Å². The Labute approximate surface area is 209 Å². The highest BCUT2D eigenvalue weighted by atomic mass is 16.7. The maximum absolute atomic E-state index is 12.9. The number of ether oxygens (including phenoxy) is 1. The van der Waals surface area contributed by atoms with E-state index in [2.05, 4.69) is 20.6 Å². The van der Waals surface area contributed by atoms with Gasteiger partial charge in [0.05, 0.1) is 11.2 Å². The normalized spacial score (nSPS) is 22.3. The second kappa shape index (κ2) is 9.93. The lowest BCUT2D eigenvalue weighted by molar-refractivity contribution is -0.124. The van der Waals surface area contributed by atoms with Gasteiger partial charge in [0.25, 0.3) is 0 Å². The smallest absolute Gasteiger partial charge is 0.444 e. The predicted molar refractivity (Wildman–Crippen MR) is 135 cm³/mol. The summed E-state index contributed by atoms with van der Waals surface area (Å²) in [6.45, 7) is 18.5. The van der Waals surface area contributed by atoms with E-state index < -0.39 is 36.1 Å². The Balaban J connectivity index is 1.56. The minimum absolute atomic E-state index is 0.0736. The van der Waals surface area contributed by atoms with Gasteiger partial charge in [-0.2, -0.15) is 0 Å². The first-order chi connectivity index (χ1) is 16.1. The number of aromatic nitrogens is 2. The van der Waals surface area contributed by atoms with E-state index in [-0.39, 0.29) is 17.9 Å². The summed E-state index contributed by atoms with van der Waals surface area (Å²) in [7, 11) is -0.509. The minimum atomic E-state index is -0.686. The molecule has 2 aliphatic heterocycles. The van der Waals surface area contributed by atoms with Crippen molar-refractivity contribution in [3.05, 3.63) is 12.4 Å². The number of nitrogens with one attached hydrogen (secondary N) is 2. The number of amides is 2. The summed E-state index contributed by atoms with van der Waals surface area (Å²) in [5, 5.41) is 5.75. The molecule has 0 aliphatic carbocycles. The molecule has 2 amide bonds. The van der Waals surface area contributed by atoms with Gasteiger partial charge >= 0.3 is 13.2 Å². The van der Waals surface area contributed by atoms with Crippen molar-refractivity contribution >= 4 is 30.5 Å². The quantitative estimate of drug-likeness (QED) is 0.584. The van der Waals surface area contributed by atoms with Crippen molar-refractivity contribution in [3.8, 4) is 0 Å². The first kappa shape index (κ1) is 27.2. The molecule has 35 heavy (non-hydrogen) atoms. The van der Waals surface area contributed by atoms with Gasteiger partial charge in [-0.1, -0.05) is 13.8 Å². The number of hydrogen-bond donors (Lipinski definition) is 2. The maximum Gasteiger partial charge on any atom is 0.498 e. The zero-order chi connectivity index (χ0) is 26.2. The molecule has 2 N–H and O–H groups in total. The van der Waals surface area contributed by atoms with Gasteiger partial charge < -0.3 is 29.6 Å². The van der Waals surface area contributed by atoms with E-state index in [1.54, 1.807) is 33.2 Å². The van der Waals surface area contributed by atoms with Gasteiger partial charge in [-0.05, 0) is 60.8 Å². The molecule has 0 spiro atoms. The molecule has 2 aliphatic rings. The molecule has 0 saturated carbocycles. The fourth-order valence-electron chi connectivity index (χ4n) is 3.92. The Kier molecular flexibility index (Phi) is 7.71. The molecular weight excluding hydrogens is 449 g/mol. The van der Waals surface area contributed by atoms with Crippen LogP contribution in [0, 0.1) is 5.92 Å². The third kappa shape index (κ3) is 6.64. The molecule has 3 rings (SSSR count). The molecule has 3 heterocycles. The van der Waals surface area contributed by atoms with E-state index in [0.29, 0.717) is 19.0 Å². The van der Waals surface area contributed by atoms with Crippen LogP contribution in [0.4, 0.5) is 10.7 Å². The van der Waals surface area contributed by atoms with Crippen LogP contribution in [0.2, 0.25) is 0 Å². The Morgan fingerprint density at radius 3 is 2.23 bits per heavy atom. The molecular formula is C24H40BN5O5. The lowest BCUT2D eigenvalue weighted by Gasteiger charge is -2.32. The van der Waals surface area contributed by atoms with Crippen LogP contribution in [0.15, 0.2) is 12.4 Å². The Bertz CT molecular complexity index is 900. The highest BCUT2D eigenvalue weighted by Crippen LogP contribution is 2.36. The van der Waals surface area contributed by atoms with Gasteiger partial charge in [0.15, 0.2) is 0 Å². The molecule has 0 unspecified atom stereocenters. The number of nitrogens with zero attached hydrogens (tertiary/aromatic N) is 3. The van der Waals surface area contributed by atoms with E-state index in [1.165, 1.54) is 0 Å². The fraction of sp³-hybridized carbons (Fsp3) is 0.750. The summed E-state index contributed by atoms with van der Waals surface area (Å²) < 4.78 is 17.4. The zero-order valence-corrected chi connectivity index (χ0v) is 22.5. The van der Waals surface area contributed by atoms with E-state index in [1.807, 2.05) is 46.4 Å². The van der Waals surface area contributed by atoms with E-state index in [9.17, 15) is 9.59 Å². The number of alkyl carbamates (subject to hydrolysis) is 1. The van der Waals surface area contributed by atoms with Crippen molar-refractivity contribution in [1.29, 1.82) is 0 Å². The summed E-state index contributed by atoms with van der Waals surface area (Å²) in [5.74, 6) is 0.273. The van der Waals surface area contributed by atoms with Crippen LogP contribution in [0.1, 0.15) is 68.7 Å². The highest BCUT2D eigenvalue weighted by molar-refractivity contribution is 6.61. The van der Waals surface area contributed by atoms with Crippen LogP contribution < -0.4 is 21.0 Å². The standard InChI is InChI=1S/C24H40BN5O5/c1-15(2)18(29-21(32)33-22(3,4)5)19(31)28-17-10-11-30(14-17)20-26-12-16(13-27-20)25-34-23(6,7)24(8,9)35-25/h12-13,15,17-18H,10-11,14H2,1-9H3,(H,28,31)(H,29,32)/t17-,18+/m0/s1. The average molecular weight is 489 g/mol. The predicted octanol–water partition coefficient (Wildman–Crippen LogP) is 2.02. The van der Waals surface area contributed by atoms with Gasteiger partial charge in [-0.25, -0.2) is 14.8 Å². The number of carbonyl (C=O) groups is 2. The lowest BCUT2D eigenvalue weighted by atomic mass is 9.81. The van der Waals surface area contributed by atoms with Gasteiger partial charge in [-0.15, -0.1) is 0 Å². The van der Waals surface area contributed by atoms with Crippen LogP contribution in [0.25, 0.3) is 0 Å². The second-order valence-electron chi connectivity index (χ2n) is 11.7. The minimum Gasteiger partial charge on any atom is -0.444 e. The van der Waals surface area contributed by atoms with Crippen molar-refractivity contribution in [2.24, 2.45) is 5.92 Å². The molecule has 10 nitrogen and oxygen atoms in total. The van der Waals surface area contributed by atoms with Gasteiger partial charge in [0, 0.05) is 37.0 Å². The fourth-order valence-corrected chi connectivity index (χ4v) is 3.92. The topological polar surface area (TPSA) is 115 Å². The molecule has 194 valence electrons. The SMILES string of the molecule is CC(C)[C@@H](NC(=O)OC(C)(C)C)C(=O)N[C@H]1CCN(c2ncc(B3OC(C)(C)C(C)(C)O3)cn2)C1. The number of hydrogen-bond acceptors (Lipinski definition) is 8. The van der Waals surface area contributed by atoms with Crippen molar-refractivity contribution in [2.75, 3.05) is 18.0 Å². The molecule has 2 saturated heterocycles. The van der Waals surface area contributed by atoms with Gasteiger partial charge in [0.1, 0.15) is 11.6 Å². The van der Waals surface area contributed by atoms with E-state index >= 15 is 0 Å².